The van der Waals surface area contributed by atoms with Gasteiger partial charge in [-0.25, -0.2) is 0 Å². The number of fused-ring (bicyclic) bond motifs is 1. The zero-order valence-electron chi connectivity index (χ0n) is 18.6. The van der Waals surface area contributed by atoms with Gasteiger partial charge in [0.1, 0.15) is 0 Å². The molecule has 3 rings (SSSR count). The van der Waals surface area contributed by atoms with E-state index in [1.54, 1.807) is 0 Å². The second kappa shape index (κ2) is 8.64. The van der Waals surface area contributed by atoms with E-state index in [1.807, 2.05) is 6.92 Å². The number of rotatable bonds is 2. The SMILES string of the molecule is C=C1CC[C@H](O)C/C1=C/C=C1\CCC[C@]2(C)C([C@H](C)C#CC(C)(O)C(F)(F)F)=CC[C@@H]12. The van der Waals surface area contributed by atoms with Gasteiger partial charge in [-0.3, -0.25) is 0 Å². The Kier molecular flexibility index (Phi) is 6.65. The van der Waals surface area contributed by atoms with Gasteiger partial charge in [-0.1, -0.05) is 60.3 Å². The standard InChI is InChI=1S/C26H33F3O2/c1-17-7-10-21(30)16-20(17)9-8-19-6-5-14-24(3)22(11-12-23(19)24)18(2)13-15-25(4,31)26(27,28)29/h8-9,11,18,21,23,30-31H,1,5-7,10,12,14,16H2,2-4H3/b19-8+,20-9-/t18-,21+,23+,24-,25?/m1/s1. The van der Waals surface area contributed by atoms with E-state index in [0.29, 0.717) is 19.3 Å². The third-order valence-corrected chi connectivity index (χ3v) is 7.35. The fourth-order valence-electron chi connectivity index (χ4n) is 5.32. The topological polar surface area (TPSA) is 40.5 Å². The lowest BCUT2D eigenvalue weighted by Gasteiger charge is -2.42. The van der Waals surface area contributed by atoms with Crippen molar-refractivity contribution < 1.29 is 23.4 Å². The lowest BCUT2D eigenvalue weighted by atomic mass is 9.62. The Hall–Kier alpha value is -1.77. The smallest absolute Gasteiger partial charge is 0.393 e. The first-order valence-corrected chi connectivity index (χ1v) is 11.1. The number of aliphatic hydroxyl groups excluding tert-OH is 1. The largest absolute Gasteiger partial charge is 0.428 e. The number of alkyl halides is 3. The normalized spacial score (nSPS) is 34.6. The average Bonchev–Trinajstić information content (AvgIpc) is 3.03. The first-order valence-electron chi connectivity index (χ1n) is 11.1. The Morgan fingerprint density at radius 2 is 2.00 bits per heavy atom. The summed E-state index contributed by atoms with van der Waals surface area (Å²) < 4.78 is 38.8. The molecule has 0 saturated heterocycles. The van der Waals surface area contributed by atoms with Crippen molar-refractivity contribution in [1.82, 2.24) is 0 Å². The molecule has 1 unspecified atom stereocenters. The lowest BCUT2D eigenvalue weighted by Crippen LogP contribution is -2.40. The van der Waals surface area contributed by atoms with Crippen LogP contribution >= 0.6 is 0 Å². The number of allylic oxidation sites excluding steroid dienone is 6. The molecule has 0 aromatic heterocycles. The van der Waals surface area contributed by atoms with Crippen molar-refractivity contribution in [1.29, 1.82) is 0 Å². The van der Waals surface area contributed by atoms with Crippen LogP contribution in [0.15, 0.2) is 47.1 Å². The van der Waals surface area contributed by atoms with E-state index in [1.165, 1.54) is 5.57 Å². The van der Waals surface area contributed by atoms with Crippen molar-refractivity contribution in [3.8, 4) is 11.8 Å². The predicted molar refractivity (Wildman–Crippen MR) is 117 cm³/mol. The maximum Gasteiger partial charge on any atom is 0.428 e. The van der Waals surface area contributed by atoms with E-state index < -0.39 is 11.8 Å². The van der Waals surface area contributed by atoms with Gasteiger partial charge in [0.2, 0.25) is 5.60 Å². The molecule has 0 aromatic carbocycles. The highest BCUT2D eigenvalue weighted by atomic mass is 19.4. The Labute approximate surface area is 183 Å². The third kappa shape index (κ3) is 4.86. The number of hydrogen-bond acceptors (Lipinski definition) is 2. The molecular formula is C26H33F3O2. The van der Waals surface area contributed by atoms with Crippen molar-refractivity contribution in [2.75, 3.05) is 0 Å². The Morgan fingerprint density at radius 3 is 2.68 bits per heavy atom. The molecule has 3 aliphatic carbocycles. The van der Waals surface area contributed by atoms with Crippen LogP contribution in [-0.2, 0) is 0 Å². The fraction of sp³-hybridized carbons (Fsp3) is 0.615. The minimum Gasteiger partial charge on any atom is -0.393 e. The van der Waals surface area contributed by atoms with Gasteiger partial charge in [-0.05, 0) is 75.7 Å². The molecule has 0 aliphatic heterocycles. The molecule has 0 spiro atoms. The first-order chi connectivity index (χ1) is 14.3. The van der Waals surface area contributed by atoms with Gasteiger partial charge in [0, 0.05) is 5.92 Å². The summed E-state index contributed by atoms with van der Waals surface area (Å²) in [5, 5.41) is 19.6. The first kappa shape index (κ1) is 23.9. The lowest BCUT2D eigenvalue weighted by molar-refractivity contribution is -0.228. The van der Waals surface area contributed by atoms with E-state index in [9.17, 15) is 23.4 Å². The molecule has 0 heterocycles. The monoisotopic (exact) mass is 434 g/mol. The van der Waals surface area contributed by atoms with Gasteiger partial charge in [0.05, 0.1) is 6.10 Å². The van der Waals surface area contributed by atoms with Crippen LogP contribution in [0.25, 0.3) is 0 Å². The van der Waals surface area contributed by atoms with Crippen molar-refractivity contribution >= 4 is 0 Å². The average molecular weight is 435 g/mol. The van der Waals surface area contributed by atoms with Gasteiger partial charge in [0.15, 0.2) is 0 Å². The summed E-state index contributed by atoms with van der Waals surface area (Å²) in [6, 6.07) is 0. The summed E-state index contributed by atoms with van der Waals surface area (Å²) in [5.74, 6) is 4.69. The quantitative estimate of drug-likeness (QED) is 0.412. The van der Waals surface area contributed by atoms with Crippen molar-refractivity contribution in [3.63, 3.8) is 0 Å². The van der Waals surface area contributed by atoms with Crippen LogP contribution in [0.1, 0.15) is 65.7 Å². The Morgan fingerprint density at radius 1 is 1.29 bits per heavy atom. The molecule has 0 aromatic rings. The highest BCUT2D eigenvalue weighted by Gasteiger charge is 2.49. The highest BCUT2D eigenvalue weighted by Crippen LogP contribution is 2.56. The summed E-state index contributed by atoms with van der Waals surface area (Å²) in [4.78, 5) is 0. The van der Waals surface area contributed by atoms with Crippen LogP contribution < -0.4 is 0 Å². The van der Waals surface area contributed by atoms with Crippen LogP contribution in [0, 0.1) is 29.1 Å². The summed E-state index contributed by atoms with van der Waals surface area (Å²) in [5.41, 5.74) is 1.49. The summed E-state index contributed by atoms with van der Waals surface area (Å²) in [6.07, 6.45) is 7.42. The molecule has 0 bridgehead atoms. The minimum atomic E-state index is -4.78. The number of aliphatic hydroxyl groups is 2. The van der Waals surface area contributed by atoms with E-state index in [0.717, 1.165) is 55.2 Å². The molecule has 0 radical (unpaired) electrons. The van der Waals surface area contributed by atoms with Crippen molar-refractivity contribution in [2.24, 2.45) is 17.3 Å². The van der Waals surface area contributed by atoms with Crippen LogP contribution in [0.3, 0.4) is 0 Å². The molecule has 2 nitrogen and oxygen atoms in total. The van der Waals surface area contributed by atoms with E-state index in [-0.39, 0.29) is 17.4 Å². The van der Waals surface area contributed by atoms with Crippen LogP contribution in [0.5, 0.6) is 0 Å². The van der Waals surface area contributed by atoms with Gasteiger partial charge in [-0.15, -0.1) is 0 Å². The molecule has 2 fully saturated rings. The van der Waals surface area contributed by atoms with Gasteiger partial charge in [0.25, 0.3) is 0 Å². The number of halogens is 3. The predicted octanol–water partition coefficient (Wildman–Crippen LogP) is 6.03. The third-order valence-electron chi connectivity index (χ3n) is 7.35. The van der Waals surface area contributed by atoms with Crippen LogP contribution in [0.2, 0.25) is 0 Å². The molecule has 2 N–H and O–H groups in total. The summed E-state index contributed by atoms with van der Waals surface area (Å²) >= 11 is 0. The maximum atomic E-state index is 12.9. The second-order valence-corrected chi connectivity index (χ2v) is 9.71. The van der Waals surface area contributed by atoms with Gasteiger partial charge in [-0.2, -0.15) is 13.2 Å². The van der Waals surface area contributed by atoms with Gasteiger partial charge < -0.3 is 10.2 Å². The molecule has 0 amide bonds. The van der Waals surface area contributed by atoms with E-state index in [4.69, 9.17) is 0 Å². The molecule has 31 heavy (non-hydrogen) atoms. The zero-order chi connectivity index (χ0) is 23.0. The Bertz CT molecular complexity index is 879. The number of hydrogen-bond donors (Lipinski definition) is 2. The fourth-order valence-corrected chi connectivity index (χ4v) is 5.32. The maximum absolute atomic E-state index is 12.9. The molecule has 3 aliphatic rings. The highest BCUT2D eigenvalue weighted by molar-refractivity contribution is 5.40. The minimum absolute atomic E-state index is 0.135. The van der Waals surface area contributed by atoms with Crippen molar-refractivity contribution in [2.45, 2.75) is 83.6 Å². The molecule has 170 valence electrons. The van der Waals surface area contributed by atoms with Crippen LogP contribution in [0.4, 0.5) is 13.2 Å². The van der Waals surface area contributed by atoms with Crippen LogP contribution in [-0.4, -0.2) is 28.1 Å². The molecule has 5 atom stereocenters. The van der Waals surface area contributed by atoms with E-state index >= 15 is 0 Å². The van der Waals surface area contributed by atoms with Gasteiger partial charge >= 0.3 is 6.18 Å². The second-order valence-electron chi connectivity index (χ2n) is 9.71. The molecule has 2 saturated carbocycles. The van der Waals surface area contributed by atoms with Crippen molar-refractivity contribution in [3.05, 3.63) is 47.1 Å². The summed E-state index contributed by atoms with van der Waals surface area (Å²) in [6.45, 7) is 8.85. The molecular weight excluding hydrogens is 401 g/mol. The zero-order valence-corrected chi connectivity index (χ0v) is 18.6. The Balaban J connectivity index is 1.80. The summed E-state index contributed by atoms with van der Waals surface area (Å²) in [7, 11) is 0. The van der Waals surface area contributed by atoms with E-state index in [2.05, 4.69) is 43.6 Å². The molecule has 5 heteroatoms.